The largest absolute Gasteiger partial charge is 0.386 e. The number of nitrogens with zero attached hydrogens (tertiary/aromatic N) is 1. The first-order valence-corrected chi connectivity index (χ1v) is 7.61. The van der Waals surface area contributed by atoms with Crippen molar-refractivity contribution in [3.8, 4) is 0 Å². The van der Waals surface area contributed by atoms with Gasteiger partial charge in [0.1, 0.15) is 0 Å². The highest BCUT2D eigenvalue weighted by atomic mass is 35.5. The first-order valence-electron chi connectivity index (χ1n) is 6.85. The molecule has 22 heavy (non-hydrogen) atoms. The zero-order chi connectivity index (χ0) is 15.9. The van der Waals surface area contributed by atoms with Gasteiger partial charge in [-0.1, -0.05) is 35.3 Å². The second-order valence-corrected chi connectivity index (χ2v) is 5.63. The Balaban J connectivity index is 1.83. The smallest absolute Gasteiger partial charge is 0.220 e. The lowest BCUT2D eigenvalue weighted by Gasteiger charge is -2.15. The fourth-order valence-corrected chi connectivity index (χ4v) is 2.68. The third-order valence-electron chi connectivity index (χ3n) is 3.19. The van der Waals surface area contributed by atoms with E-state index in [-0.39, 0.29) is 12.5 Å². The van der Waals surface area contributed by atoms with E-state index < -0.39 is 6.10 Å². The molecular formula is C16H16Cl2N2O2. The molecule has 1 aromatic carbocycles. The Labute approximate surface area is 139 Å². The number of rotatable bonds is 6. The molecule has 6 heteroatoms. The fourth-order valence-electron chi connectivity index (χ4n) is 2.03. The monoisotopic (exact) mass is 338 g/mol. The summed E-state index contributed by atoms with van der Waals surface area (Å²) in [7, 11) is 0. The predicted molar refractivity (Wildman–Crippen MR) is 87.0 cm³/mol. The number of hydrogen-bond acceptors (Lipinski definition) is 3. The second kappa shape index (κ2) is 8.13. The molecule has 0 saturated heterocycles. The number of hydrogen-bond donors (Lipinski definition) is 2. The average molecular weight is 339 g/mol. The fraction of sp³-hybridized carbons (Fsp3) is 0.250. The molecule has 0 unspecified atom stereocenters. The number of halogens is 2. The van der Waals surface area contributed by atoms with Crippen molar-refractivity contribution >= 4 is 29.1 Å². The number of benzene rings is 1. The van der Waals surface area contributed by atoms with Gasteiger partial charge >= 0.3 is 0 Å². The zero-order valence-corrected chi connectivity index (χ0v) is 13.3. The minimum absolute atomic E-state index is 0.0648. The minimum atomic E-state index is -0.941. The number of amides is 1. The highest BCUT2D eigenvalue weighted by Crippen LogP contribution is 2.29. The van der Waals surface area contributed by atoms with Gasteiger partial charge in [0.05, 0.1) is 6.10 Å². The van der Waals surface area contributed by atoms with E-state index in [0.29, 0.717) is 28.5 Å². The summed E-state index contributed by atoms with van der Waals surface area (Å²) in [5.41, 5.74) is 1.42. The summed E-state index contributed by atoms with van der Waals surface area (Å²) in [5.74, 6) is -0.147. The highest BCUT2D eigenvalue weighted by molar-refractivity contribution is 6.36. The van der Waals surface area contributed by atoms with Crippen molar-refractivity contribution in [3.63, 3.8) is 0 Å². The molecular weight excluding hydrogens is 323 g/mol. The van der Waals surface area contributed by atoms with Crippen LogP contribution in [-0.4, -0.2) is 22.5 Å². The van der Waals surface area contributed by atoms with Crippen LogP contribution in [0.3, 0.4) is 0 Å². The van der Waals surface area contributed by atoms with Crippen LogP contribution in [0.15, 0.2) is 42.7 Å². The molecule has 0 aliphatic rings. The molecule has 2 aromatic rings. The standard InChI is InChI=1S/C16H16Cl2N2O2/c17-12-4-1-5-13(18)16(12)14(21)10-20-15(22)7-6-11-3-2-8-19-9-11/h1-5,8-9,14,21H,6-7,10H2,(H,20,22)/t14-/m0/s1. The SMILES string of the molecule is O=C(CCc1cccnc1)NC[C@H](O)c1c(Cl)cccc1Cl. The molecule has 2 N–H and O–H groups in total. The minimum Gasteiger partial charge on any atom is -0.386 e. The summed E-state index contributed by atoms with van der Waals surface area (Å²) in [6.45, 7) is 0.0648. The number of aliphatic hydroxyl groups is 1. The molecule has 4 nitrogen and oxygen atoms in total. The van der Waals surface area contributed by atoms with Crippen LogP contribution < -0.4 is 5.32 Å². The molecule has 1 amide bonds. The Kier molecular flexibility index (Phi) is 6.19. The quantitative estimate of drug-likeness (QED) is 0.850. The van der Waals surface area contributed by atoms with Crippen molar-refractivity contribution in [3.05, 3.63) is 63.9 Å². The first-order chi connectivity index (χ1) is 10.6. The van der Waals surface area contributed by atoms with Crippen molar-refractivity contribution in [1.29, 1.82) is 0 Å². The topological polar surface area (TPSA) is 62.2 Å². The van der Waals surface area contributed by atoms with Crippen molar-refractivity contribution in [2.24, 2.45) is 0 Å². The van der Waals surface area contributed by atoms with Crippen molar-refractivity contribution in [2.75, 3.05) is 6.54 Å². The van der Waals surface area contributed by atoms with Crippen LogP contribution in [0.25, 0.3) is 0 Å². The predicted octanol–water partition coefficient (Wildman–Crippen LogP) is 3.17. The van der Waals surface area contributed by atoms with E-state index in [0.717, 1.165) is 5.56 Å². The van der Waals surface area contributed by atoms with Gasteiger partial charge in [-0.05, 0) is 30.2 Å². The van der Waals surface area contributed by atoms with Crippen molar-refractivity contribution < 1.29 is 9.90 Å². The Hall–Kier alpha value is -1.62. The molecule has 0 aliphatic heterocycles. The molecule has 2 rings (SSSR count). The van der Waals surface area contributed by atoms with Gasteiger partial charge in [-0.3, -0.25) is 9.78 Å². The maximum absolute atomic E-state index is 11.8. The molecule has 0 spiro atoms. The number of nitrogens with one attached hydrogen (secondary N) is 1. The van der Waals surface area contributed by atoms with Gasteiger partial charge in [-0.25, -0.2) is 0 Å². The molecule has 1 atom stereocenters. The molecule has 116 valence electrons. The third-order valence-corrected chi connectivity index (χ3v) is 3.85. The number of aromatic nitrogens is 1. The van der Waals surface area contributed by atoms with E-state index in [1.54, 1.807) is 30.6 Å². The van der Waals surface area contributed by atoms with E-state index >= 15 is 0 Å². The maximum Gasteiger partial charge on any atom is 0.220 e. The lowest BCUT2D eigenvalue weighted by molar-refractivity contribution is -0.121. The van der Waals surface area contributed by atoms with Crippen molar-refractivity contribution in [2.45, 2.75) is 18.9 Å². The highest BCUT2D eigenvalue weighted by Gasteiger charge is 2.16. The summed E-state index contributed by atoms with van der Waals surface area (Å²) in [6.07, 6.45) is 3.40. The number of carbonyl (C=O) groups is 1. The lowest BCUT2D eigenvalue weighted by Crippen LogP contribution is -2.28. The number of aliphatic hydroxyl groups excluding tert-OH is 1. The van der Waals surface area contributed by atoms with Crippen LogP contribution in [0.5, 0.6) is 0 Å². The third kappa shape index (κ3) is 4.70. The Bertz CT molecular complexity index is 615. The summed E-state index contributed by atoms with van der Waals surface area (Å²) in [5, 5.41) is 13.6. The average Bonchev–Trinajstić information content (AvgIpc) is 2.52. The van der Waals surface area contributed by atoms with E-state index in [4.69, 9.17) is 23.2 Å². The van der Waals surface area contributed by atoms with Gasteiger partial charge in [0.25, 0.3) is 0 Å². The van der Waals surface area contributed by atoms with Gasteiger partial charge in [-0.15, -0.1) is 0 Å². The summed E-state index contributed by atoms with van der Waals surface area (Å²) < 4.78 is 0. The molecule has 0 aliphatic carbocycles. The van der Waals surface area contributed by atoms with E-state index in [2.05, 4.69) is 10.3 Å². The zero-order valence-electron chi connectivity index (χ0n) is 11.8. The Morgan fingerprint density at radius 2 is 1.95 bits per heavy atom. The van der Waals surface area contributed by atoms with Crippen LogP contribution >= 0.6 is 23.2 Å². The van der Waals surface area contributed by atoms with Crippen LogP contribution in [0.1, 0.15) is 23.7 Å². The van der Waals surface area contributed by atoms with Gasteiger partial charge in [-0.2, -0.15) is 0 Å². The second-order valence-electron chi connectivity index (χ2n) is 4.82. The summed E-state index contributed by atoms with van der Waals surface area (Å²) in [6, 6.07) is 8.74. The summed E-state index contributed by atoms with van der Waals surface area (Å²) >= 11 is 12.0. The van der Waals surface area contributed by atoms with E-state index in [1.165, 1.54) is 0 Å². The molecule has 0 radical (unpaired) electrons. The van der Waals surface area contributed by atoms with Crippen LogP contribution in [-0.2, 0) is 11.2 Å². The number of carbonyl (C=O) groups excluding carboxylic acids is 1. The van der Waals surface area contributed by atoms with Crippen LogP contribution in [0.2, 0.25) is 10.0 Å². The molecule has 0 bridgehead atoms. The van der Waals surface area contributed by atoms with Gasteiger partial charge < -0.3 is 10.4 Å². The normalized spacial score (nSPS) is 12.0. The van der Waals surface area contributed by atoms with E-state index in [9.17, 15) is 9.90 Å². The molecule has 0 saturated carbocycles. The van der Waals surface area contributed by atoms with Crippen molar-refractivity contribution in [1.82, 2.24) is 10.3 Å². The van der Waals surface area contributed by atoms with Gasteiger partial charge in [0, 0.05) is 41.0 Å². The maximum atomic E-state index is 11.8. The summed E-state index contributed by atoms with van der Waals surface area (Å²) in [4.78, 5) is 15.8. The Morgan fingerprint density at radius 3 is 2.59 bits per heavy atom. The molecule has 0 fully saturated rings. The Morgan fingerprint density at radius 1 is 1.23 bits per heavy atom. The van der Waals surface area contributed by atoms with Gasteiger partial charge in [0.15, 0.2) is 0 Å². The van der Waals surface area contributed by atoms with Crippen LogP contribution in [0, 0.1) is 0 Å². The van der Waals surface area contributed by atoms with E-state index in [1.807, 2.05) is 12.1 Å². The number of pyridine rings is 1. The lowest BCUT2D eigenvalue weighted by atomic mass is 10.1. The molecule has 1 aromatic heterocycles. The van der Waals surface area contributed by atoms with Crippen LogP contribution in [0.4, 0.5) is 0 Å². The molecule has 1 heterocycles. The number of aryl methyl sites for hydroxylation is 1. The first kappa shape index (κ1) is 16.7. The van der Waals surface area contributed by atoms with Gasteiger partial charge in [0.2, 0.25) is 5.91 Å².